The van der Waals surface area contributed by atoms with Crippen molar-refractivity contribution in [2.45, 2.75) is 13.8 Å². The molecule has 2 rings (SSSR count). The van der Waals surface area contributed by atoms with E-state index >= 15 is 0 Å². The van der Waals surface area contributed by atoms with Gasteiger partial charge in [0.2, 0.25) is 5.95 Å². The van der Waals surface area contributed by atoms with Crippen LogP contribution in [0.5, 0.6) is 0 Å². The lowest BCUT2D eigenvalue weighted by atomic mass is 10.2. The number of nitrogens with zero attached hydrogens (tertiary/aromatic N) is 4. The number of imidazole rings is 1. The van der Waals surface area contributed by atoms with Crippen LogP contribution in [0.4, 0.5) is 0 Å². The summed E-state index contributed by atoms with van der Waals surface area (Å²) in [4.78, 5) is 15.2. The maximum Gasteiger partial charge on any atom is 0.339 e. The number of hydrogen-bond donors (Lipinski definition) is 1. The summed E-state index contributed by atoms with van der Waals surface area (Å²) in [7, 11) is 1.83. The van der Waals surface area contributed by atoms with Gasteiger partial charge in [-0.25, -0.2) is 14.5 Å². The predicted molar refractivity (Wildman–Crippen MR) is 56.8 cm³/mol. The monoisotopic (exact) mass is 220 g/mol. The van der Waals surface area contributed by atoms with E-state index in [1.807, 2.05) is 7.05 Å². The fourth-order valence-corrected chi connectivity index (χ4v) is 1.71. The van der Waals surface area contributed by atoms with Gasteiger partial charge < -0.3 is 9.67 Å². The molecule has 2 aromatic heterocycles. The molecule has 2 aromatic rings. The van der Waals surface area contributed by atoms with E-state index in [4.69, 9.17) is 5.11 Å². The molecule has 0 aliphatic rings. The van der Waals surface area contributed by atoms with Crippen LogP contribution in [-0.2, 0) is 7.05 Å². The zero-order valence-corrected chi connectivity index (χ0v) is 9.30. The molecule has 0 aliphatic carbocycles. The number of aromatic nitrogens is 4. The van der Waals surface area contributed by atoms with Crippen LogP contribution < -0.4 is 0 Å². The van der Waals surface area contributed by atoms with Crippen LogP contribution in [0.2, 0.25) is 0 Å². The normalized spacial score (nSPS) is 10.7. The Morgan fingerprint density at radius 2 is 2.12 bits per heavy atom. The highest BCUT2D eigenvalue weighted by Crippen LogP contribution is 2.16. The molecule has 0 saturated heterocycles. The lowest BCUT2D eigenvalue weighted by molar-refractivity contribution is 0.0695. The van der Waals surface area contributed by atoms with E-state index in [-0.39, 0.29) is 5.56 Å². The van der Waals surface area contributed by atoms with Crippen molar-refractivity contribution in [1.82, 2.24) is 19.3 Å². The third-order valence-corrected chi connectivity index (χ3v) is 2.49. The van der Waals surface area contributed by atoms with Crippen LogP contribution in [0, 0.1) is 13.8 Å². The van der Waals surface area contributed by atoms with Crippen LogP contribution in [0.3, 0.4) is 0 Å². The number of carboxylic acid groups (broad SMARTS) is 1. The molecule has 6 nitrogen and oxygen atoms in total. The second-order valence-corrected chi connectivity index (χ2v) is 3.60. The molecule has 0 unspecified atom stereocenters. The highest BCUT2D eigenvalue weighted by Gasteiger charge is 2.19. The first-order valence-electron chi connectivity index (χ1n) is 4.79. The van der Waals surface area contributed by atoms with Crippen LogP contribution in [0.1, 0.15) is 21.7 Å². The molecule has 16 heavy (non-hydrogen) atoms. The van der Waals surface area contributed by atoms with Crippen molar-refractivity contribution in [3.05, 3.63) is 29.3 Å². The van der Waals surface area contributed by atoms with Crippen LogP contribution in [-0.4, -0.2) is 30.4 Å². The van der Waals surface area contributed by atoms with Gasteiger partial charge in [-0.1, -0.05) is 0 Å². The Morgan fingerprint density at radius 1 is 1.44 bits per heavy atom. The maximum absolute atomic E-state index is 11.0. The largest absolute Gasteiger partial charge is 0.478 e. The fraction of sp³-hybridized carbons (Fsp3) is 0.300. The van der Waals surface area contributed by atoms with Crippen LogP contribution >= 0.6 is 0 Å². The topological polar surface area (TPSA) is 72.9 Å². The number of hydrogen-bond acceptors (Lipinski definition) is 3. The van der Waals surface area contributed by atoms with Gasteiger partial charge in [0.1, 0.15) is 5.56 Å². The first-order chi connectivity index (χ1) is 7.52. The second-order valence-electron chi connectivity index (χ2n) is 3.60. The molecule has 0 aliphatic heterocycles. The zero-order valence-electron chi connectivity index (χ0n) is 9.30. The van der Waals surface area contributed by atoms with Gasteiger partial charge >= 0.3 is 5.97 Å². The SMILES string of the molecule is Cc1nn(-c2nccn2C)c(C)c1C(=O)O. The summed E-state index contributed by atoms with van der Waals surface area (Å²) in [6.07, 6.45) is 3.43. The Hall–Kier alpha value is -2.11. The van der Waals surface area contributed by atoms with Crippen LogP contribution in [0.25, 0.3) is 5.95 Å². The molecule has 0 aromatic carbocycles. The highest BCUT2D eigenvalue weighted by atomic mass is 16.4. The van der Waals surface area contributed by atoms with Gasteiger partial charge in [0.15, 0.2) is 0 Å². The molecule has 0 fully saturated rings. The Kier molecular flexibility index (Phi) is 2.26. The first kappa shape index (κ1) is 10.4. The molecule has 2 heterocycles. The number of aromatic carboxylic acids is 1. The van der Waals surface area contributed by atoms with E-state index in [1.165, 1.54) is 0 Å². The minimum absolute atomic E-state index is 0.239. The van der Waals surface area contributed by atoms with Gasteiger partial charge in [0, 0.05) is 19.4 Å². The van der Waals surface area contributed by atoms with Crippen molar-refractivity contribution in [2.75, 3.05) is 0 Å². The third kappa shape index (κ3) is 1.39. The highest BCUT2D eigenvalue weighted by molar-refractivity contribution is 5.90. The average molecular weight is 220 g/mol. The molecule has 0 amide bonds. The number of rotatable bonds is 2. The van der Waals surface area contributed by atoms with Crippen molar-refractivity contribution in [2.24, 2.45) is 7.05 Å². The minimum atomic E-state index is -0.963. The Balaban J connectivity index is 2.65. The maximum atomic E-state index is 11.0. The first-order valence-corrected chi connectivity index (χ1v) is 4.79. The van der Waals surface area contributed by atoms with Crippen molar-refractivity contribution in [3.63, 3.8) is 0 Å². The van der Waals surface area contributed by atoms with Gasteiger partial charge in [0.25, 0.3) is 0 Å². The third-order valence-electron chi connectivity index (χ3n) is 2.49. The van der Waals surface area contributed by atoms with Gasteiger partial charge in [-0.3, -0.25) is 0 Å². The summed E-state index contributed by atoms with van der Waals surface area (Å²) in [5.74, 6) is -0.358. The zero-order chi connectivity index (χ0) is 11.9. The summed E-state index contributed by atoms with van der Waals surface area (Å²) in [5, 5.41) is 13.2. The summed E-state index contributed by atoms with van der Waals surface area (Å²) >= 11 is 0. The van der Waals surface area contributed by atoms with E-state index in [1.54, 1.807) is 35.5 Å². The molecule has 6 heteroatoms. The van der Waals surface area contributed by atoms with Crippen molar-refractivity contribution < 1.29 is 9.90 Å². The van der Waals surface area contributed by atoms with Gasteiger partial charge in [-0.15, -0.1) is 0 Å². The summed E-state index contributed by atoms with van der Waals surface area (Å²) in [6.45, 7) is 3.40. The second kappa shape index (κ2) is 3.48. The lowest BCUT2D eigenvalue weighted by Gasteiger charge is -2.03. The van der Waals surface area contributed by atoms with E-state index in [0.717, 1.165) is 0 Å². The standard InChI is InChI=1S/C10H12N4O2/c1-6-8(9(15)16)7(2)14(12-6)10-11-4-5-13(10)3/h4-5H,1-3H3,(H,15,16). The summed E-state index contributed by atoms with van der Waals surface area (Å²) in [5.41, 5.74) is 1.32. The summed E-state index contributed by atoms with van der Waals surface area (Å²) in [6, 6.07) is 0. The van der Waals surface area contributed by atoms with Gasteiger partial charge in [-0.2, -0.15) is 5.10 Å². The number of aryl methyl sites for hydroxylation is 2. The van der Waals surface area contributed by atoms with Gasteiger partial charge in [-0.05, 0) is 13.8 Å². The minimum Gasteiger partial charge on any atom is -0.478 e. The Labute approximate surface area is 92.2 Å². The molecule has 0 radical (unpaired) electrons. The number of carboxylic acids is 1. The molecular weight excluding hydrogens is 208 g/mol. The van der Waals surface area contributed by atoms with Gasteiger partial charge in [0.05, 0.1) is 11.4 Å². The fourth-order valence-electron chi connectivity index (χ4n) is 1.71. The lowest BCUT2D eigenvalue weighted by Crippen LogP contribution is -2.07. The van der Waals surface area contributed by atoms with E-state index in [2.05, 4.69) is 10.1 Å². The smallest absolute Gasteiger partial charge is 0.339 e. The van der Waals surface area contributed by atoms with Crippen molar-refractivity contribution in [3.8, 4) is 5.95 Å². The molecular formula is C10H12N4O2. The Morgan fingerprint density at radius 3 is 2.56 bits per heavy atom. The molecule has 1 N–H and O–H groups in total. The van der Waals surface area contributed by atoms with Crippen molar-refractivity contribution in [1.29, 1.82) is 0 Å². The summed E-state index contributed by atoms with van der Waals surface area (Å²) < 4.78 is 3.32. The molecule has 0 saturated carbocycles. The Bertz CT molecular complexity index is 553. The van der Waals surface area contributed by atoms with E-state index in [0.29, 0.717) is 17.3 Å². The molecule has 0 spiro atoms. The number of carbonyl (C=O) groups is 1. The quantitative estimate of drug-likeness (QED) is 0.816. The van der Waals surface area contributed by atoms with E-state index in [9.17, 15) is 4.79 Å². The molecule has 0 bridgehead atoms. The van der Waals surface area contributed by atoms with Crippen LogP contribution in [0.15, 0.2) is 12.4 Å². The molecule has 0 atom stereocenters. The average Bonchev–Trinajstić information content (AvgIpc) is 2.70. The molecule has 84 valence electrons. The predicted octanol–water partition coefficient (Wildman–Crippen LogP) is 0.921. The van der Waals surface area contributed by atoms with Crippen molar-refractivity contribution >= 4 is 5.97 Å². The van der Waals surface area contributed by atoms with E-state index < -0.39 is 5.97 Å².